The third kappa shape index (κ3) is 1.11. The van der Waals surface area contributed by atoms with E-state index in [1.165, 1.54) is 31.5 Å². The van der Waals surface area contributed by atoms with Crippen molar-refractivity contribution in [3.8, 4) is 0 Å². The number of fused-ring (bicyclic) bond motifs is 2. The molecule has 0 amide bonds. The van der Waals surface area contributed by atoms with Crippen molar-refractivity contribution in [1.82, 2.24) is 4.90 Å². The number of rotatable bonds is 1. The van der Waals surface area contributed by atoms with Gasteiger partial charge >= 0.3 is 0 Å². The largest absolute Gasteiger partial charge is 0.296 e. The van der Waals surface area contributed by atoms with Gasteiger partial charge in [0.25, 0.3) is 0 Å². The fraction of sp³-hybridized carbons (Fsp3) is 0.500. The zero-order valence-corrected chi connectivity index (χ0v) is 7.82. The molecule has 0 saturated carbocycles. The molecule has 1 heteroatoms. The summed E-state index contributed by atoms with van der Waals surface area (Å²) in [4.78, 5) is 2.64. The van der Waals surface area contributed by atoms with Crippen LogP contribution in [0, 0.1) is 5.92 Å². The highest BCUT2D eigenvalue weighted by Gasteiger charge is 2.39. The van der Waals surface area contributed by atoms with Gasteiger partial charge in [-0.2, -0.15) is 0 Å². The molecule has 0 aliphatic carbocycles. The average molecular weight is 173 g/mol. The molecule has 13 heavy (non-hydrogen) atoms. The van der Waals surface area contributed by atoms with E-state index in [4.69, 9.17) is 0 Å². The van der Waals surface area contributed by atoms with Crippen LogP contribution in [0.5, 0.6) is 0 Å². The van der Waals surface area contributed by atoms with Crippen molar-refractivity contribution in [2.75, 3.05) is 13.1 Å². The second-order valence-electron chi connectivity index (χ2n) is 4.23. The van der Waals surface area contributed by atoms with E-state index >= 15 is 0 Å². The van der Waals surface area contributed by atoms with Crippen LogP contribution in [0.15, 0.2) is 30.3 Å². The van der Waals surface area contributed by atoms with Crippen molar-refractivity contribution < 1.29 is 0 Å². The first-order valence-corrected chi connectivity index (χ1v) is 5.24. The van der Waals surface area contributed by atoms with Gasteiger partial charge in [0.2, 0.25) is 0 Å². The van der Waals surface area contributed by atoms with Gasteiger partial charge in [-0.1, -0.05) is 30.3 Å². The van der Waals surface area contributed by atoms with E-state index in [-0.39, 0.29) is 0 Å². The molecule has 0 aromatic heterocycles. The number of nitrogens with zero attached hydrogens (tertiary/aromatic N) is 1. The summed E-state index contributed by atoms with van der Waals surface area (Å²) in [7, 11) is 0. The molecule has 2 fully saturated rings. The van der Waals surface area contributed by atoms with Gasteiger partial charge in [0.15, 0.2) is 0 Å². The summed E-state index contributed by atoms with van der Waals surface area (Å²) in [5, 5.41) is 0. The Labute approximate surface area is 79.4 Å². The minimum atomic E-state index is 0.751. The van der Waals surface area contributed by atoms with Crippen LogP contribution in [-0.2, 0) is 0 Å². The first-order valence-electron chi connectivity index (χ1n) is 5.24. The molecule has 0 N–H and O–H groups in total. The summed E-state index contributed by atoms with van der Waals surface area (Å²) in [6.45, 7) is 2.65. The van der Waals surface area contributed by atoms with Crippen molar-refractivity contribution in [3.63, 3.8) is 0 Å². The summed E-state index contributed by atoms with van der Waals surface area (Å²) in [6, 6.07) is 11.7. The van der Waals surface area contributed by atoms with Crippen LogP contribution in [0.2, 0.25) is 0 Å². The van der Waals surface area contributed by atoms with Crippen LogP contribution in [-0.4, -0.2) is 18.0 Å². The number of benzene rings is 1. The first-order chi connectivity index (χ1) is 6.45. The van der Waals surface area contributed by atoms with Crippen LogP contribution < -0.4 is 0 Å². The second-order valence-corrected chi connectivity index (χ2v) is 4.23. The molecule has 2 aliphatic rings. The zero-order chi connectivity index (χ0) is 8.67. The van der Waals surface area contributed by atoms with Gasteiger partial charge in [-0.25, -0.2) is 0 Å². The maximum absolute atomic E-state index is 2.64. The Morgan fingerprint density at radius 3 is 2.23 bits per heavy atom. The van der Waals surface area contributed by atoms with Gasteiger partial charge in [0.05, 0.1) is 0 Å². The molecule has 2 bridgehead atoms. The molecule has 0 unspecified atom stereocenters. The molecule has 1 aromatic carbocycles. The van der Waals surface area contributed by atoms with Crippen LogP contribution in [0.4, 0.5) is 0 Å². The van der Waals surface area contributed by atoms with Crippen molar-refractivity contribution in [3.05, 3.63) is 35.9 Å². The lowest BCUT2D eigenvalue weighted by molar-refractivity contribution is 0.305. The fourth-order valence-corrected chi connectivity index (χ4v) is 2.94. The van der Waals surface area contributed by atoms with E-state index in [1.807, 2.05) is 0 Å². The minimum absolute atomic E-state index is 0.751. The smallest absolute Gasteiger partial charge is 0.0377 e. The van der Waals surface area contributed by atoms with E-state index in [0.717, 1.165) is 12.0 Å². The molecule has 0 spiro atoms. The Bertz CT molecular complexity index is 273. The Hall–Kier alpha value is -0.820. The van der Waals surface area contributed by atoms with Crippen molar-refractivity contribution in [1.29, 1.82) is 0 Å². The molecule has 2 heterocycles. The van der Waals surface area contributed by atoms with Gasteiger partial charge in [0, 0.05) is 6.04 Å². The quantitative estimate of drug-likeness (QED) is 0.630. The zero-order valence-electron chi connectivity index (χ0n) is 7.82. The highest BCUT2D eigenvalue weighted by Crippen LogP contribution is 2.44. The number of piperidine rings is 1. The van der Waals surface area contributed by atoms with Gasteiger partial charge in [-0.15, -0.1) is 0 Å². The maximum atomic E-state index is 2.64. The summed E-state index contributed by atoms with van der Waals surface area (Å²) < 4.78 is 0. The lowest BCUT2D eigenvalue weighted by Crippen LogP contribution is -2.19. The second kappa shape index (κ2) is 2.85. The Balaban J connectivity index is 1.94. The predicted molar refractivity (Wildman–Crippen MR) is 53.5 cm³/mol. The predicted octanol–water partition coefficient (Wildman–Crippen LogP) is 2.45. The topological polar surface area (TPSA) is 3.24 Å². The molecule has 0 radical (unpaired) electrons. The lowest BCUT2D eigenvalue weighted by atomic mass is 9.94. The molecule has 1 atom stereocenters. The average Bonchev–Trinajstić information content (AvgIpc) is 2.78. The fourth-order valence-electron chi connectivity index (χ4n) is 2.94. The molecular formula is C12H15N. The maximum Gasteiger partial charge on any atom is 0.0377 e. The number of hydrogen-bond acceptors (Lipinski definition) is 1. The molecule has 1 aromatic rings. The van der Waals surface area contributed by atoms with Crippen LogP contribution in [0.1, 0.15) is 24.4 Å². The molecular weight excluding hydrogens is 158 g/mol. The SMILES string of the molecule is c1ccc([C@H]2C3CCN2CC3)cc1. The third-order valence-electron chi connectivity index (χ3n) is 3.56. The van der Waals surface area contributed by atoms with E-state index in [1.54, 1.807) is 0 Å². The Morgan fingerprint density at radius 2 is 1.69 bits per heavy atom. The van der Waals surface area contributed by atoms with Crippen LogP contribution >= 0.6 is 0 Å². The van der Waals surface area contributed by atoms with Gasteiger partial charge < -0.3 is 0 Å². The van der Waals surface area contributed by atoms with Crippen molar-refractivity contribution in [2.45, 2.75) is 18.9 Å². The monoisotopic (exact) mass is 173 g/mol. The highest BCUT2D eigenvalue weighted by atomic mass is 15.2. The van der Waals surface area contributed by atoms with Gasteiger partial charge in [0.1, 0.15) is 0 Å². The number of hydrogen-bond donors (Lipinski definition) is 0. The lowest BCUT2D eigenvalue weighted by Gasteiger charge is -2.18. The minimum Gasteiger partial charge on any atom is -0.296 e. The highest BCUT2D eigenvalue weighted by molar-refractivity contribution is 5.22. The molecule has 2 aliphatic heterocycles. The van der Waals surface area contributed by atoms with Crippen LogP contribution in [0.25, 0.3) is 0 Å². The third-order valence-corrected chi connectivity index (χ3v) is 3.56. The van der Waals surface area contributed by atoms with Crippen molar-refractivity contribution in [2.24, 2.45) is 5.92 Å². The van der Waals surface area contributed by atoms with E-state index < -0.39 is 0 Å². The molecule has 3 rings (SSSR count). The first kappa shape index (κ1) is 7.57. The molecule has 68 valence electrons. The molecule has 1 nitrogen and oxygen atoms in total. The van der Waals surface area contributed by atoms with Crippen molar-refractivity contribution >= 4 is 0 Å². The summed E-state index contributed by atoms with van der Waals surface area (Å²) in [6.07, 6.45) is 2.83. The van der Waals surface area contributed by atoms with E-state index in [9.17, 15) is 0 Å². The summed E-state index contributed by atoms with van der Waals surface area (Å²) in [5.74, 6) is 0.947. The standard InChI is InChI=1S/C12H15N/c1-2-4-10(5-3-1)12-11-6-8-13(12)9-7-11/h1-5,11-12H,6-9H2/t12-/m0/s1. The Morgan fingerprint density at radius 1 is 1.00 bits per heavy atom. The van der Waals surface area contributed by atoms with E-state index in [0.29, 0.717) is 0 Å². The van der Waals surface area contributed by atoms with Gasteiger partial charge in [-0.3, -0.25) is 4.90 Å². The summed E-state index contributed by atoms with van der Waals surface area (Å²) in [5.41, 5.74) is 1.53. The molecule has 2 saturated heterocycles. The van der Waals surface area contributed by atoms with Gasteiger partial charge in [-0.05, 0) is 37.4 Å². The Kier molecular flexibility index (Phi) is 1.66. The summed E-state index contributed by atoms with van der Waals surface area (Å²) >= 11 is 0. The van der Waals surface area contributed by atoms with Crippen LogP contribution in [0.3, 0.4) is 0 Å². The normalized spacial score (nSPS) is 36.8. The van der Waals surface area contributed by atoms with E-state index in [2.05, 4.69) is 35.2 Å².